The van der Waals surface area contributed by atoms with Crippen molar-refractivity contribution >= 4 is 0 Å². The largest absolute Gasteiger partial charge is 0.390 e. The maximum Gasteiger partial charge on any atom is 0.109 e. The molecule has 0 aromatic rings. The zero-order valence-corrected chi connectivity index (χ0v) is 15.2. The van der Waals surface area contributed by atoms with Crippen LogP contribution in [0.5, 0.6) is 0 Å². The monoisotopic (exact) mass is 322 g/mol. The molecule has 3 aliphatic rings. The van der Waals surface area contributed by atoms with Crippen LogP contribution in [0.25, 0.3) is 0 Å². The van der Waals surface area contributed by atoms with Crippen LogP contribution in [0.15, 0.2) is 12.7 Å². The Bertz CT molecular complexity index is 501. The van der Waals surface area contributed by atoms with E-state index >= 15 is 0 Å². The molecule has 0 aromatic carbocycles. The molecule has 0 aromatic heterocycles. The molecule has 0 radical (unpaired) electrons. The summed E-state index contributed by atoms with van der Waals surface area (Å²) in [7, 11) is 0. The van der Waals surface area contributed by atoms with Crippen LogP contribution in [-0.4, -0.2) is 33.1 Å². The topological polar surface area (TPSA) is 60.7 Å². The van der Waals surface area contributed by atoms with Crippen LogP contribution >= 0.6 is 0 Å². The molecule has 3 fully saturated rings. The molecular formula is C20H34O3. The summed E-state index contributed by atoms with van der Waals surface area (Å²) in [6, 6.07) is 0. The second-order valence-corrected chi connectivity index (χ2v) is 9.88. The lowest BCUT2D eigenvalue weighted by molar-refractivity contribution is -0.289. The summed E-state index contributed by atoms with van der Waals surface area (Å²) in [6.07, 6.45) is 5.62. The highest BCUT2D eigenvalue weighted by atomic mass is 16.4. The lowest BCUT2D eigenvalue weighted by Gasteiger charge is -2.67. The van der Waals surface area contributed by atoms with Crippen LogP contribution in [0.4, 0.5) is 0 Å². The fraction of sp³-hybridized carbons (Fsp3) is 0.900. The van der Waals surface area contributed by atoms with Crippen LogP contribution in [0, 0.1) is 28.1 Å². The van der Waals surface area contributed by atoms with Gasteiger partial charge in [0.05, 0.1) is 11.7 Å². The molecule has 23 heavy (non-hydrogen) atoms. The molecule has 3 N–H and O–H groups in total. The summed E-state index contributed by atoms with van der Waals surface area (Å²) in [5.74, 6) is 0.0862. The minimum absolute atomic E-state index is 0.00604. The van der Waals surface area contributed by atoms with Crippen molar-refractivity contribution in [3.8, 4) is 0 Å². The summed E-state index contributed by atoms with van der Waals surface area (Å²) < 4.78 is 0. The maximum absolute atomic E-state index is 11.5. The molecule has 0 aliphatic heterocycles. The zero-order chi connectivity index (χ0) is 17.3. The van der Waals surface area contributed by atoms with Gasteiger partial charge in [-0.15, -0.1) is 6.58 Å². The first kappa shape index (κ1) is 17.4. The van der Waals surface area contributed by atoms with E-state index < -0.39 is 17.8 Å². The number of hydrogen-bond acceptors (Lipinski definition) is 3. The first-order chi connectivity index (χ1) is 10.5. The lowest BCUT2D eigenvalue weighted by atomic mass is 9.40. The van der Waals surface area contributed by atoms with Gasteiger partial charge in [-0.25, -0.2) is 0 Å². The third-order valence-electron chi connectivity index (χ3n) is 7.85. The summed E-state index contributed by atoms with van der Waals surface area (Å²) >= 11 is 0. The normalized spacial score (nSPS) is 55.6. The molecule has 7 atom stereocenters. The first-order valence-corrected chi connectivity index (χ1v) is 9.22. The number of fused-ring (bicyclic) bond motifs is 3. The van der Waals surface area contributed by atoms with Crippen molar-refractivity contribution in [1.82, 2.24) is 0 Å². The van der Waals surface area contributed by atoms with Gasteiger partial charge < -0.3 is 15.3 Å². The van der Waals surface area contributed by atoms with Crippen LogP contribution < -0.4 is 0 Å². The number of hydrogen-bond donors (Lipinski definition) is 3. The van der Waals surface area contributed by atoms with Gasteiger partial charge >= 0.3 is 0 Å². The van der Waals surface area contributed by atoms with Gasteiger partial charge in [-0.05, 0) is 60.2 Å². The molecule has 0 heterocycles. The molecule has 0 unspecified atom stereocenters. The molecule has 3 aliphatic carbocycles. The second kappa shape index (κ2) is 5.06. The minimum atomic E-state index is -1.21. The fourth-order valence-corrected chi connectivity index (χ4v) is 6.82. The number of allylic oxidation sites excluding steroid dienone is 1. The summed E-state index contributed by atoms with van der Waals surface area (Å²) in [5, 5.41) is 33.4. The van der Waals surface area contributed by atoms with E-state index in [2.05, 4.69) is 34.3 Å². The molecule has 0 amide bonds. The van der Waals surface area contributed by atoms with E-state index in [1.807, 2.05) is 6.08 Å². The van der Waals surface area contributed by atoms with Gasteiger partial charge in [0.1, 0.15) is 6.10 Å². The predicted molar refractivity (Wildman–Crippen MR) is 91.8 cm³/mol. The first-order valence-electron chi connectivity index (χ1n) is 9.22. The Morgan fingerprint density at radius 2 is 1.70 bits per heavy atom. The number of rotatable bonds is 1. The molecule has 3 heteroatoms. The van der Waals surface area contributed by atoms with E-state index in [4.69, 9.17) is 0 Å². The van der Waals surface area contributed by atoms with Gasteiger partial charge in [0.25, 0.3) is 0 Å². The van der Waals surface area contributed by atoms with Gasteiger partial charge in [-0.3, -0.25) is 0 Å². The molecule has 3 saturated carbocycles. The average Bonchev–Trinajstić information content (AvgIpc) is 2.43. The number of aliphatic hydroxyl groups excluding tert-OH is 2. The van der Waals surface area contributed by atoms with Crippen molar-refractivity contribution in [3.05, 3.63) is 12.7 Å². The van der Waals surface area contributed by atoms with Gasteiger partial charge in [0.15, 0.2) is 0 Å². The van der Waals surface area contributed by atoms with E-state index in [0.29, 0.717) is 6.42 Å². The Morgan fingerprint density at radius 1 is 1.04 bits per heavy atom. The summed E-state index contributed by atoms with van der Waals surface area (Å²) in [6.45, 7) is 12.7. The number of aliphatic hydroxyl groups is 3. The van der Waals surface area contributed by atoms with Crippen LogP contribution in [0.2, 0.25) is 0 Å². The molecule has 0 saturated heterocycles. The van der Waals surface area contributed by atoms with Crippen molar-refractivity contribution in [2.24, 2.45) is 28.1 Å². The third-order valence-corrected chi connectivity index (χ3v) is 7.85. The zero-order valence-electron chi connectivity index (χ0n) is 15.2. The Hall–Kier alpha value is -0.380. The van der Waals surface area contributed by atoms with E-state index in [1.54, 1.807) is 0 Å². The molecule has 0 bridgehead atoms. The summed E-state index contributed by atoms with van der Waals surface area (Å²) in [5.41, 5.74) is -1.50. The smallest absolute Gasteiger partial charge is 0.109 e. The minimum Gasteiger partial charge on any atom is -0.390 e. The average molecular weight is 322 g/mol. The van der Waals surface area contributed by atoms with Crippen molar-refractivity contribution in [3.63, 3.8) is 0 Å². The quantitative estimate of drug-likeness (QED) is 0.649. The highest BCUT2D eigenvalue weighted by Crippen LogP contribution is 2.66. The summed E-state index contributed by atoms with van der Waals surface area (Å²) in [4.78, 5) is 0. The standard InChI is InChI=1S/C20H34O3/c1-6-18(4)11-8-13-19(5)10-7-9-17(2,3)15(19)14(21)16(22)20(13,23)12-18/h6,13-16,21-23H,1,7-12H2,2-5H3/t13-,14+,15+,16+,18-,19-,20-/m0/s1. The van der Waals surface area contributed by atoms with Crippen molar-refractivity contribution in [2.75, 3.05) is 0 Å². The van der Waals surface area contributed by atoms with Crippen molar-refractivity contribution < 1.29 is 15.3 Å². The Balaban J connectivity index is 2.07. The van der Waals surface area contributed by atoms with Gasteiger partial charge in [0, 0.05) is 0 Å². The third kappa shape index (κ3) is 2.26. The van der Waals surface area contributed by atoms with E-state index in [0.717, 1.165) is 32.1 Å². The second-order valence-electron chi connectivity index (χ2n) is 9.88. The lowest BCUT2D eigenvalue weighted by Crippen LogP contribution is -2.72. The highest BCUT2D eigenvalue weighted by molar-refractivity contribution is 5.19. The van der Waals surface area contributed by atoms with Gasteiger partial charge in [-0.1, -0.05) is 40.2 Å². The van der Waals surface area contributed by atoms with E-state index in [-0.39, 0.29) is 28.1 Å². The Morgan fingerprint density at radius 3 is 2.30 bits per heavy atom. The Kier molecular flexibility index (Phi) is 3.84. The van der Waals surface area contributed by atoms with E-state index in [1.165, 1.54) is 0 Å². The highest BCUT2D eigenvalue weighted by Gasteiger charge is 2.68. The van der Waals surface area contributed by atoms with Crippen molar-refractivity contribution in [2.45, 2.75) is 84.0 Å². The van der Waals surface area contributed by atoms with Gasteiger partial charge in [-0.2, -0.15) is 0 Å². The van der Waals surface area contributed by atoms with Crippen molar-refractivity contribution in [1.29, 1.82) is 0 Å². The maximum atomic E-state index is 11.5. The molecule has 3 nitrogen and oxygen atoms in total. The molecular weight excluding hydrogens is 288 g/mol. The molecule has 3 rings (SSSR count). The fourth-order valence-electron chi connectivity index (χ4n) is 6.82. The Labute approximate surface area is 140 Å². The van der Waals surface area contributed by atoms with E-state index in [9.17, 15) is 15.3 Å². The van der Waals surface area contributed by atoms with Crippen LogP contribution in [-0.2, 0) is 0 Å². The van der Waals surface area contributed by atoms with Crippen LogP contribution in [0.3, 0.4) is 0 Å². The van der Waals surface area contributed by atoms with Crippen LogP contribution in [0.1, 0.15) is 66.2 Å². The molecule has 0 spiro atoms. The predicted octanol–water partition coefficient (Wildman–Crippen LogP) is 3.28. The molecule has 132 valence electrons. The SMILES string of the molecule is C=C[C@@]1(C)CC[C@H]2[C@]3(C)CCCC(C)(C)[C@H]3[C@@H](O)[C@@H](O)[C@]2(O)C1. The van der Waals surface area contributed by atoms with Gasteiger partial charge in [0.2, 0.25) is 0 Å².